The van der Waals surface area contributed by atoms with Gasteiger partial charge >= 0.3 is 0 Å². The Hall–Kier alpha value is -1.39. The van der Waals surface area contributed by atoms with E-state index in [0.29, 0.717) is 0 Å². The normalized spacial score (nSPS) is 17.7. The number of hydrogen-bond donors (Lipinski definition) is 1. The van der Waals surface area contributed by atoms with E-state index in [1.807, 2.05) is 30.1 Å². The van der Waals surface area contributed by atoms with E-state index in [-0.39, 0.29) is 11.9 Å². The number of likely N-dealkylation sites (N-methyl/N-ethyl adjacent to an activating group) is 1. The average Bonchev–Trinajstić information content (AvgIpc) is 2.53. The number of rotatable bonds is 6. The van der Waals surface area contributed by atoms with Gasteiger partial charge in [0.25, 0.3) is 0 Å². The van der Waals surface area contributed by atoms with Crippen molar-refractivity contribution in [3.63, 3.8) is 0 Å². The van der Waals surface area contributed by atoms with E-state index in [2.05, 4.69) is 36.4 Å². The van der Waals surface area contributed by atoms with Gasteiger partial charge in [0.05, 0.1) is 6.04 Å². The van der Waals surface area contributed by atoms with Crippen LogP contribution in [0, 0.1) is 5.92 Å². The summed E-state index contributed by atoms with van der Waals surface area (Å²) < 4.78 is 0. The Labute approximate surface area is 134 Å². The summed E-state index contributed by atoms with van der Waals surface area (Å²) >= 11 is 0. The van der Waals surface area contributed by atoms with Crippen LogP contribution in [0.4, 0.5) is 0 Å². The molecule has 22 heavy (non-hydrogen) atoms. The monoisotopic (exact) mass is 303 g/mol. The van der Waals surface area contributed by atoms with Crippen LogP contribution >= 0.6 is 0 Å². The summed E-state index contributed by atoms with van der Waals surface area (Å²) in [6, 6.07) is 10.1. The number of nitrogens with one attached hydrogen (secondary N) is 1. The number of amides is 1. The van der Waals surface area contributed by atoms with Crippen LogP contribution in [0.3, 0.4) is 0 Å². The SMILES string of the molecule is CNC(Cc1ccccc1)C(=O)N1CCC(CN(C)C)CC1. The molecule has 0 bridgehead atoms. The molecule has 1 aromatic carbocycles. The van der Waals surface area contributed by atoms with E-state index in [1.54, 1.807) is 0 Å². The smallest absolute Gasteiger partial charge is 0.240 e. The first kappa shape index (κ1) is 17.0. The first-order valence-electron chi connectivity index (χ1n) is 8.25. The van der Waals surface area contributed by atoms with Crippen LogP contribution in [-0.2, 0) is 11.2 Å². The van der Waals surface area contributed by atoms with E-state index in [9.17, 15) is 4.79 Å². The highest BCUT2D eigenvalue weighted by atomic mass is 16.2. The minimum absolute atomic E-state index is 0.118. The molecule has 1 saturated heterocycles. The van der Waals surface area contributed by atoms with Crippen LogP contribution < -0.4 is 5.32 Å². The maximum Gasteiger partial charge on any atom is 0.240 e. The number of carbonyl (C=O) groups is 1. The van der Waals surface area contributed by atoms with Crippen LogP contribution in [0.5, 0.6) is 0 Å². The number of hydrogen-bond acceptors (Lipinski definition) is 3. The molecule has 1 fully saturated rings. The van der Waals surface area contributed by atoms with Crippen molar-refractivity contribution in [2.45, 2.75) is 25.3 Å². The molecule has 0 aromatic heterocycles. The Morgan fingerprint density at radius 1 is 1.27 bits per heavy atom. The molecule has 122 valence electrons. The molecule has 1 unspecified atom stereocenters. The van der Waals surface area contributed by atoms with Crippen LogP contribution in [0.2, 0.25) is 0 Å². The van der Waals surface area contributed by atoms with Crippen molar-refractivity contribution in [3.8, 4) is 0 Å². The summed E-state index contributed by atoms with van der Waals surface area (Å²) in [5.74, 6) is 0.968. The van der Waals surface area contributed by atoms with Gasteiger partial charge in [-0.2, -0.15) is 0 Å². The maximum atomic E-state index is 12.7. The fraction of sp³-hybridized carbons (Fsp3) is 0.611. The van der Waals surface area contributed by atoms with E-state index in [0.717, 1.165) is 44.8 Å². The van der Waals surface area contributed by atoms with Crippen molar-refractivity contribution >= 4 is 5.91 Å². The predicted molar refractivity (Wildman–Crippen MR) is 90.9 cm³/mol. The Kier molecular flexibility index (Phi) is 6.40. The molecule has 1 atom stereocenters. The van der Waals surface area contributed by atoms with Gasteiger partial charge < -0.3 is 15.1 Å². The zero-order valence-electron chi connectivity index (χ0n) is 14.1. The van der Waals surface area contributed by atoms with Gasteiger partial charge in [0.1, 0.15) is 0 Å². The molecule has 0 radical (unpaired) electrons. The van der Waals surface area contributed by atoms with Crippen LogP contribution in [0.15, 0.2) is 30.3 Å². The third-order valence-electron chi connectivity index (χ3n) is 4.48. The molecule has 1 aliphatic rings. The van der Waals surface area contributed by atoms with Gasteiger partial charge in [0.15, 0.2) is 0 Å². The topological polar surface area (TPSA) is 35.6 Å². The van der Waals surface area contributed by atoms with Gasteiger partial charge in [-0.25, -0.2) is 0 Å². The molecule has 4 heteroatoms. The summed E-state index contributed by atoms with van der Waals surface area (Å²) in [7, 11) is 6.12. The molecule has 4 nitrogen and oxygen atoms in total. The van der Waals surface area contributed by atoms with Crippen LogP contribution in [0.1, 0.15) is 18.4 Å². The lowest BCUT2D eigenvalue weighted by molar-refractivity contribution is -0.134. The molecule has 0 aliphatic carbocycles. The molecule has 1 heterocycles. The second-order valence-electron chi connectivity index (χ2n) is 6.56. The van der Waals surface area contributed by atoms with Crippen LogP contribution in [0.25, 0.3) is 0 Å². The Morgan fingerprint density at radius 3 is 2.45 bits per heavy atom. The number of carbonyl (C=O) groups excluding carboxylic acids is 1. The number of nitrogens with zero attached hydrogens (tertiary/aromatic N) is 2. The lowest BCUT2D eigenvalue weighted by Crippen LogP contribution is -2.49. The summed E-state index contributed by atoms with van der Waals surface area (Å²) in [6.07, 6.45) is 2.99. The van der Waals surface area contributed by atoms with E-state index in [4.69, 9.17) is 0 Å². The highest BCUT2D eigenvalue weighted by Gasteiger charge is 2.27. The third-order valence-corrected chi connectivity index (χ3v) is 4.48. The van der Waals surface area contributed by atoms with Crippen molar-refractivity contribution in [3.05, 3.63) is 35.9 Å². The first-order valence-corrected chi connectivity index (χ1v) is 8.25. The highest BCUT2D eigenvalue weighted by molar-refractivity contribution is 5.82. The van der Waals surface area contributed by atoms with Gasteiger partial charge in [-0.05, 0) is 51.9 Å². The standard InChI is InChI=1S/C18H29N3O/c1-19-17(13-15-7-5-4-6-8-15)18(22)21-11-9-16(10-12-21)14-20(2)3/h4-8,16-17,19H,9-14H2,1-3H3. The van der Waals surface area contributed by atoms with Gasteiger partial charge in [-0.3, -0.25) is 4.79 Å². The average molecular weight is 303 g/mol. The second kappa shape index (κ2) is 8.30. The van der Waals surface area contributed by atoms with Crippen molar-refractivity contribution in [1.29, 1.82) is 0 Å². The summed E-state index contributed by atoms with van der Waals surface area (Å²) in [5, 5.41) is 3.19. The quantitative estimate of drug-likeness (QED) is 0.867. The highest BCUT2D eigenvalue weighted by Crippen LogP contribution is 2.19. The lowest BCUT2D eigenvalue weighted by atomic mass is 9.95. The van der Waals surface area contributed by atoms with Crippen molar-refractivity contribution in [2.75, 3.05) is 40.8 Å². The van der Waals surface area contributed by atoms with Gasteiger partial charge in [0, 0.05) is 19.6 Å². The van der Waals surface area contributed by atoms with E-state index >= 15 is 0 Å². The molecule has 2 rings (SSSR count). The number of benzene rings is 1. The zero-order chi connectivity index (χ0) is 15.9. The molecule has 1 amide bonds. The van der Waals surface area contributed by atoms with E-state index < -0.39 is 0 Å². The maximum absolute atomic E-state index is 12.7. The summed E-state index contributed by atoms with van der Waals surface area (Å²) in [4.78, 5) is 17.0. The second-order valence-corrected chi connectivity index (χ2v) is 6.56. The summed E-state index contributed by atoms with van der Waals surface area (Å²) in [5.41, 5.74) is 1.21. The van der Waals surface area contributed by atoms with E-state index in [1.165, 1.54) is 5.56 Å². The fourth-order valence-electron chi connectivity index (χ4n) is 3.24. The molecule has 0 saturated carbocycles. The third kappa shape index (κ3) is 4.82. The first-order chi connectivity index (χ1) is 10.6. The predicted octanol–water partition coefficient (Wildman–Crippen LogP) is 1.62. The van der Waals surface area contributed by atoms with Gasteiger partial charge in [-0.1, -0.05) is 30.3 Å². The van der Waals surface area contributed by atoms with Crippen molar-refractivity contribution in [1.82, 2.24) is 15.1 Å². The molecule has 0 spiro atoms. The van der Waals surface area contributed by atoms with Crippen molar-refractivity contribution in [2.24, 2.45) is 5.92 Å². The largest absolute Gasteiger partial charge is 0.341 e. The van der Waals surface area contributed by atoms with Gasteiger partial charge in [0.2, 0.25) is 5.91 Å². The Bertz CT molecular complexity index is 453. The molecular weight excluding hydrogens is 274 g/mol. The lowest BCUT2D eigenvalue weighted by Gasteiger charge is -2.35. The zero-order valence-corrected chi connectivity index (χ0v) is 14.1. The Balaban J connectivity index is 1.87. The molecular formula is C18H29N3O. The van der Waals surface area contributed by atoms with Gasteiger partial charge in [-0.15, -0.1) is 0 Å². The number of likely N-dealkylation sites (tertiary alicyclic amines) is 1. The fourth-order valence-corrected chi connectivity index (χ4v) is 3.24. The minimum atomic E-state index is -0.118. The number of piperidine rings is 1. The summed E-state index contributed by atoms with van der Waals surface area (Å²) in [6.45, 7) is 2.91. The van der Waals surface area contributed by atoms with Crippen molar-refractivity contribution < 1.29 is 4.79 Å². The van der Waals surface area contributed by atoms with Crippen LogP contribution in [-0.4, -0.2) is 62.5 Å². The Morgan fingerprint density at radius 2 is 1.91 bits per heavy atom. The molecule has 1 N–H and O–H groups in total. The molecule has 1 aliphatic heterocycles. The minimum Gasteiger partial charge on any atom is -0.341 e. The molecule has 1 aromatic rings.